The number of hydrogen-bond donors (Lipinski definition) is 0. The molecule has 8 heteroatoms. The summed E-state index contributed by atoms with van der Waals surface area (Å²) in [7, 11) is 3.10. The smallest absolute Gasteiger partial charge is 0.337 e. The maximum absolute atomic E-state index is 12.9. The van der Waals surface area contributed by atoms with Gasteiger partial charge in [0.25, 0.3) is 5.91 Å². The van der Waals surface area contributed by atoms with Gasteiger partial charge in [0, 0.05) is 39.6 Å². The van der Waals surface area contributed by atoms with Crippen LogP contribution >= 0.6 is 0 Å². The zero-order valence-corrected chi connectivity index (χ0v) is 17.1. The van der Waals surface area contributed by atoms with Crippen LogP contribution in [-0.2, 0) is 29.5 Å². The Morgan fingerprint density at radius 3 is 2.48 bits per heavy atom. The quantitative estimate of drug-likeness (QED) is 0.715. The van der Waals surface area contributed by atoms with Gasteiger partial charge in [0.1, 0.15) is 5.69 Å². The number of benzene rings is 1. The van der Waals surface area contributed by atoms with Gasteiger partial charge in [-0.15, -0.1) is 0 Å². The monoisotopic (exact) mass is 398 g/mol. The van der Waals surface area contributed by atoms with Gasteiger partial charge in [0.2, 0.25) is 5.91 Å². The fourth-order valence-corrected chi connectivity index (χ4v) is 3.38. The van der Waals surface area contributed by atoms with E-state index in [0.717, 1.165) is 17.7 Å². The highest BCUT2D eigenvalue weighted by Gasteiger charge is 2.26. The molecule has 2 amide bonds. The number of ether oxygens (including phenoxy) is 1. The van der Waals surface area contributed by atoms with E-state index in [0.29, 0.717) is 37.4 Å². The van der Waals surface area contributed by atoms with Crippen molar-refractivity contribution in [3.05, 3.63) is 52.8 Å². The van der Waals surface area contributed by atoms with Crippen molar-refractivity contribution in [2.45, 2.75) is 26.3 Å². The maximum atomic E-state index is 12.9. The molecule has 0 saturated carbocycles. The minimum atomic E-state index is -0.391. The summed E-state index contributed by atoms with van der Waals surface area (Å²) in [6.07, 6.45) is 1.05. The molecule has 1 aromatic carbocycles. The van der Waals surface area contributed by atoms with E-state index in [2.05, 4.69) is 5.10 Å². The molecule has 8 nitrogen and oxygen atoms in total. The topological polar surface area (TPSA) is 84.7 Å². The first-order valence-electron chi connectivity index (χ1n) is 9.70. The third-order valence-corrected chi connectivity index (χ3v) is 5.14. The summed E-state index contributed by atoms with van der Waals surface area (Å²) >= 11 is 0. The molecule has 1 aromatic heterocycles. The minimum Gasteiger partial charge on any atom is -0.465 e. The van der Waals surface area contributed by atoms with Crippen molar-refractivity contribution < 1.29 is 19.1 Å². The van der Waals surface area contributed by atoms with Crippen LogP contribution in [0.5, 0.6) is 0 Å². The van der Waals surface area contributed by atoms with Crippen molar-refractivity contribution in [3.63, 3.8) is 0 Å². The van der Waals surface area contributed by atoms with Crippen molar-refractivity contribution in [1.29, 1.82) is 0 Å². The molecule has 0 aliphatic carbocycles. The molecule has 3 rings (SSSR count). The Labute approximate surface area is 170 Å². The molecule has 154 valence electrons. The second-order valence-electron chi connectivity index (χ2n) is 7.04. The Kier molecular flexibility index (Phi) is 6.31. The Morgan fingerprint density at radius 1 is 1.14 bits per heavy atom. The van der Waals surface area contributed by atoms with Gasteiger partial charge in [-0.2, -0.15) is 5.10 Å². The normalized spacial score (nSPS) is 14.7. The molecule has 2 aromatic rings. The fourth-order valence-electron chi connectivity index (χ4n) is 3.38. The number of esters is 1. The van der Waals surface area contributed by atoms with Crippen LogP contribution in [0, 0.1) is 0 Å². The summed E-state index contributed by atoms with van der Waals surface area (Å²) in [6, 6.07) is 8.82. The summed E-state index contributed by atoms with van der Waals surface area (Å²) in [6.45, 7) is 3.76. The SMILES string of the molecule is CCc1cc(C(=O)N2CCC(=O)N(Cc3ccc(C(=O)OC)cc3)CC2)n(C)n1. The first kappa shape index (κ1) is 20.6. The lowest BCUT2D eigenvalue weighted by Crippen LogP contribution is -2.36. The van der Waals surface area contributed by atoms with Crippen molar-refractivity contribution in [2.75, 3.05) is 26.7 Å². The number of methoxy groups -OCH3 is 1. The largest absolute Gasteiger partial charge is 0.465 e. The fraction of sp³-hybridized carbons (Fsp3) is 0.429. The standard InChI is InChI=1S/C21H26N4O4/c1-4-17-13-18(23(2)22-17)20(27)24-10-9-19(26)25(12-11-24)14-15-5-7-16(8-6-15)21(28)29-3/h5-8,13H,4,9-12,14H2,1-3H3. The first-order valence-corrected chi connectivity index (χ1v) is 9.70. The highest BCUT2D eigenvalue weighted by Crippen LogP contribution is 2.15. The molecule has 1 aliphatic heterocycles. The third kappa shape index (κ3) is 4.64. The van der Waals surface area contributed by atoms with Crippen molar-refractivity contribution >= 4 is 17.8 Å². The van der Waals surface area contributed by atoms with Gasteiger partial charge in [-0.25, -0.2) is 4.79 Å². The highest BCUT2D eigenvalue weighted by atomic mass is 16.5. The van der Waals surface area contributed by atoms with E-state index >= 15 is 0 Å². The number of hydrogen-bond acceptors (Lipinski definition) is 5. The second kappa shape index (κ2) is 8.89. The van der Waals surface area contributed by atoms with Crippen molar-refractivity contribution in [2.24, 2.45) is 7.05 Å². The Bertz CT molecular complexity index is 904. The van der Waals surface area contributed by atoms with Gasteiger partial charge in [-0.3, -0.25) is 14.3 Å². The van der Waals surface area contributed by atoms with E-state index in [1.54, 1.807) is 33.7 Å². The Balaban J connectivity index is 1.65. The summed E-state index contributed by atoms with van der Waals surface area (Å²) in [4.78, 5) is 40.5. The highest BCUT2D eigenvalue weighted by molar-refractivity contribution is 5.93. The number of rotatable bonds is 5. The van der Waals surface area contributed by atoms with Gasteiger partial charge < -0.3 is 14.5 Å². The van der Waals surface area contributed by atoms with Crippen LogP contribution in [0.3, 0.4) is 0 Å². The van der Waals surface area contributed by atoms with Crippen LogP contribution < -0.4 is 0 Å². The summed E-state index contributed by atoms with van der Waals surface area (Å²) < 4.78 is 6.31. The van der Waals surface area contributed by atoms with Crippen LogP contribution in [-0.4, -0.2) is 64.1 Å². The van der Waals surface area contributed by atoms with Crippen LogP contribution in [0.15, 0.2) is 30.3 Å². The zero-order valence-electron chi connectivity index (χ0n) is 17.1. The zero-order chi connectivity index (χ0) is 21.0. The van der Waals surface area contributed by atoms with Gasteiger partial charge >= 0.3 is 5.97 Å². The molecule has 0 unspecified atom stereocenters. The summed E-state index contributed by atoms with van der Waals surface area (Å²) in [5, 5.41) is 4.34. The Morgan fingerprint density at radius 2 is 1.86 bits per heavy atom. The lowest BCUT2D eigenvalue weighted by atomic mass is 10.1. The maximum Gasteiger partial charge on any atom is 0.337 e. The van der Waals surface area contributed by atoms with Crippen molar-refractivity contribution in [1.82, 2.24) is 19.6 Å². The van der Waals surface area contributed by atoms with E-state index in [1.165, 1.54) is 7.11 Å². The average molecular weight is 398 g/mol. The van der Waals surface area contributed by atoms with Gasteiger partial charge in [-0.05, 0) is 30.2 Å². The molecule has 1 aliphatic rings. The molecule has 0 radical (unpaired) electrons. The van der Waals surface area contributed by atoms with Crippen LogP contribution in [0.25, 0.3) is 0 Å². The van der Waals surface area contributed by atoms with Crippen LogP contribution in [0.2, 0.25) is 0 Å². The summed E-state index contributed by atoms with van der Waals surface area (Å²) in [5.74, 6) is -0.480. The number of aryl methyl sites for hydroxylation is 2. The molecule has 2 heterocycles. The van der Waals surface area contributed by atoms with Crippen molar-refractivity contribution in [3.8, 4) is 0 Å². The molecule has 1 fully saturated rings. The molecule has 0 bridgehead atoms. The minimum absolute atomic E-state index is 0.0107. The molecule has 0 spiro atoms. The van der Waals surface area contributed by atoms with E-state index in [-0.39, 0.29) is 18.2 Å². The number of carbonyl (C=O) groups is 3. The van der Waals surface area contributed by atoms with Crippen LogP contribution in [0.1, 0.15) is 45.4 Å². The number of carbonyl (C=O) groups excluding carboxylic acids is 3. The third-order valence-electron chi connectivity index (χ3n) is 5.14. The summed E-state index contributed by atoms with van der Waals surface area (Å²) in [5.41, 5.74) is 2.81. The molecule has 0 atom stereocenters. The lowest BCUT2D eigenvalue weighted by Gasteiger charge is -2.22. The van der Waals surface area contributed by atoms with E-state index in [9.17, 15) is 14.4 Å². The predicted molar refractivity (Wildman–Crippen MR) is 106 cm³/mol. The molecule has 29 heavy (non-hydrogen) atoms. The van der Waals surface area contributed by atoms with E-state index in [4.69, 9.17) is 4.74 Å². The number of amides is 2. The van der Waals surface area contributed by atoms with E-state index in [1.807, 2.05) is 25.1 Å². The van der Waals surface area contributed by atoms with E-state index < -0.39 is 5.97 Å². The number of aromatic nitrogens is 2. The Hall–Kier alpha value is -3.16. The van der Waals surface area contributed by atoms with Gasteiger partial charge in [0.15, 0.2) is 0 Å². The average Bonchev–Trinajstić information content (AvgIpc) is 3.02. The van der Waals surface area contributed by atoms with Gasteiger partial charge in [0.05, 0.1) is 18.4 Å². The molecule has 1 saturated heterocycles. The lowest BCUT2D eigenvalue weighted by molar-refractivity contribution is -0.130. The molecular formula is C21H26N4O4. The van der Waals surface area contributed by atoms with Crippen LogP contribution in [0.4, 0.5) is 0 Å². The van der Waals surface area contributed by atoms with Gasteiger partial charge in [-0.1, -0.05) is 19.1 Å². The molecule has 0 N–H and O–H groups in total. The number of nitrogens with zero attached hydrogens (tertiary/aromatic N) is 4. The second-order valence-corrected chi connectivity index (χ2v) is 7.04. The first-order chi connectivity index (χ1) is 13.9. The predicted octanol–water partition coefficient (Wildman–Crippen LogP) is 1.64. The molecular weight excluding hydrogens is 372 g/mol.